The average molecular weight is 319 g/mol. The number of hydrogen-bond donors (Lipinski definition) is 1. The van der Waals surface area contributed by atoms with E-state index in [1.165, 1.54) is 18.2 Å². The highest BCUT2D eigenvalue weighted by Crippen LogP contribution is 2.19. The Balaban J connectivity index is 1.65. The number of aromatic hydroxyl groups is 1. The maximum atomic E-state index is 13.4. The van der Waals surface area contributed by atoms with Gasteiger partial charge in [0, 0.05) is 31.7 Å². The number of carbonyl (C=O) groups excluding carboxylic acids is 1. The Morgan fingerprint density at radius 1 is 1.09 bits per heavy atom. The molecule has 3 rings (SSSR count). The minimum absolute atomic E-state index is 0.202. The first-order chi connectivity index (χ1) is 11.0. The van der Waals surface area contributed by atoms with E-state index in [0.29, 0.717) is 32.0 Å². The smallest absolute Gasteiger partial charge is 0.254 e. The molecule has 5 nitrogen and oxygen atoms in total. The second-order valence-corrected chi connectivity index (χ2v) is 5.28. The molecule has 120 valence electrons. The Kier molecular flexibility index (Phi) is 4.10. The first-order valence-electron chi connectivity index (χ1n) is 7.19. The molecule has 23 heavy (non-hydrogen) atoms. The maximum absolute atomic E-state index is 13.4. The Morgan fingerprint density at radius 2 is 1.83 bits per heavy atom. The number of amides is 1. The van der Waals surface area contributed by atoms with Crippen LogP contribution in [0.1, 0.15) is 10.4 Å². The molecular formula is C16H15F2N3O2. The molecule has 0 unspecified atom stereocenters. The third-order valence-electron chi connectivity index (χ3n) is 3.80. The van der Waals surface area contributed by atoms with Crippen molar-refractivity contribution in [2.24, 2.45) is 0 Å². The fourth-order valence-electron chi connectivity index (χ4n) is 2.52. The number of halogens is 2. The van der Waals surface area contributed by atoms with Gasteiger partial charge in [-0.2, -0.15) is 0 Å². The quantitative estimate of drug-likeness (QED) is 0.920. The van der Waals surface area contributed by atoms with Crippen molar-refractivity contribution in [3.05, 3.63) is 53.7 Å². The lowest BCUT2D eigenvalue weighted by atomic mass is 10.1. The summed E-state index contributed by atoms with van der Waals surface area (Å²) in [6, 6.07) is 6.54. The van der Waals surface area contributed by atoms with Crippen LogP contribution in [0.25, 0.3) is 0 Å². The van der Waals surface area contributed by atoms with Gasteiger partial charge in [-0.15, -0.1) is 0 Å². The molecule has 0 radical (unpaired) electrons. The van der Waals surface area contributed by atoms with Crippen molar-refractivity contribution < 1.29 is 18.7 Å². The monoisotopic (exact) mass is 319 g/mol. The molecule has 1 aliphatic rings. The lowest BCUT2D eigenvalue weighted by Crippen LogP contribution is -2.49. The van der Waals surface area contributed by atoms with Crippen LogP contribution >= 0.6 is 0 Å². The summed E-state index contributed by atoms with van der Waals surface area (Å²) in [5.41, 5.74) is 0.202. The standard InChI is InChI=1S/C16H15F2N3O2/c17-12-2-4-15(19-10-12)20-5-7-21(8-6-20)16(23)11-1-3-14(22)13(18)9-11/h1-4,9-10,22H,5-8H2. The number of carbonyl (C=O) groups is 1. The van der Waals surface area contributed by atoms with Crippen LogP contribution in [0.5, 0.6) is 5.75 Å². The summed E-state index contributed by atoms with van der Waals surface area (Å²) >= 11 is 0. The van der Waals surface area contributed by atoms with Gasteiger partial charge in [0.25, 0.3) is 5.91 Å². The van der Waals surface area contributed by atoms with Gasteiger partial charge in [0.15, 0.2) is 11.6 Å². The fourth-order valence-corrected chi connectivity index (χ4v) is 2.52. The van der Waals surface area contributed by atoms with Crippen molar-refractivity contribution in [2.75, 3.05) is 31.1 Å². The van der Waals surface area contributed by atoms with Crippen LogP contribution in [-0.4, -0.2) is 47.1 Å². The maximum Gasteiger partial charge on any atom is 0.254 e. The lowest BCUT2D eigenvalue weighted by molar-refractivity contribution is 0.0746. The number of aromatic nitrogens is 1. The molecule has 1 aliphatic heterocycles. The Labute approximate surface area is 131 Å². The third kappa shape index (κ3) is 3.23. The highest BCUT2D eigenvalue weighted by molar-refractivity contribution is 5.94. The van der Waals surface area contributed by atoms with Crippen LogP contribution in [0, 0.1) is 11.6 Å². The highest BCUT2D eigenvalue weighted by atomic mass is 19.1. The van der Waals surface area contributed by atoms with Gasteiger partial charge in [-0.1, -0.05) is 0 Å². The zero-order valence-corrected chi connectivity index (χ0v) is 12.2. The van der Waals surface area contributed by atoms with Gasteiger partial charge in [0.05, 0.1) is 6.20 Å². The number of nitrogens with zero attached hydrogens (tertiary/aromatic N) is 3. The van der Waals surface area contributed by atoms with Crippen LogP contribution in [0.15, 0.2) is 36.5 Å². The summed E-state index contributed by atoms with van der Waals surface area (Å²) in [5, 5.41) is 9.18. The average Bonchev–Trinajstić information content (AvgIpc) is 2.57. The molecule has 1 aromatic carbocycles. The van der Waals surface area contributed by atoms with Gasteiger partial charge in [-0.25, -0.2) is 13.8 Å². The summed E-state index contributed by atoms with van der Waals surface area (Å²) in [4.78, 5) is 19.9. The zero-order valence-electron chi connectivity index (χ0n) is 12.2. The summed E-state index contributed by atoms with van der Waals surface area (Å²) in [5.74, 6) is -1.31. The van der Waals surface area contributed by atoms with Crippen molar-refractivity contribution in [1.29, 1.82) is 0 Å². The summed E-state index contributed by atoms with van der Waals surface area (Å²) in [7, 11) is 0. The van der Waals surface area contributed by atoms with E-state index >= 15 is 0 Å². The van der Waals surface area contributed by atoms with Crippen molar-refractivity contribution in [2.45, 2.75) is 0 Å². The minimum Gasteiger partial charge on any atom is -0.505 e. The molecule has 1 amide bonds. The van der Waals surface area contributed by atoms with E-state index in [4.69, 9.17) is 0 Å². The second-order valence-electron chi connectivity index (χ2n) is 5.28. The molecule has 7 heteroatoms. The molecule has 2 aromatic rings. The predicted octanol–water partition coefficient (Wildman–Crippen LogP) is 2.03. The normalized spacial score (nSPS) is 14.9. The molecule has 0 atom stereocenters. The van der Waals surface area contributed by atoms with Crippen LogP contribution < -0.4 is 4.90 Å². The Morgan fingerprint density at radius 3 is 2.43 bits per heavy atom. The molecule has 0 aliphatic carbocycles. The number of hydrogen-bond acceptors (Lipinski definition) is 4. The van der Waals surface area contributed by atoms with Crippen LogP contribution in [0.2, 0.25) is 0 Å². The summed E-state index contributed by atoms with van der Waals surface area (Å²) in [6.45, 7) is 2.04. The van der Waals surface area contributed by atoms with Gasteiger partial charge in [-0.3, -0.25) is 4.79 Å². The third-order valence-corrected chi connectivity index (χ3v) is 3.80. The number of anilines is 1. The van der Waals surface area contributed by atoms with E-state index in [0.717, 1.165) is 12.3 Å². The van der Waals surface area contributed by atoms with Gasteiger partial charge < -0.3 is 14.9 Å². The lowest BCUT2D eigenvalue weighted by Gasteiger charge is -2.35. The Bertz CT molecular complexity index is 714. The molecular weight excluding hydrogens is 304 g/mol. The molecule has 1 aromatic heterocycles. The highest BCUT2D eigenvalue weighted by Gasteiger charge is 2.23. The van der Waals surface area contributed by atoms with E-state index in [1.54, 1.807) is 11.0 Å². The number of pyridine rings is 1. The van der Waals surface area contributed by atoms with E-state index < -0.39 is 17.4 Å². The number of phenols is 1. The molecule has 1 saturated heterocycles. The molecule has 0 saturated carbocycles. The van der Waals surface area contributed by atoms with Crippen molar-refractivity contribution in [3.63, 3.8) is 0 Å². The minimum atomic E-state index is -0.815. The fraction of sp³-hybridized carbons (Fsp3) is 0.250. The number of rotatable bonds is 2. The van der Waals surface area contributed by atoms with Crippen molar-refractivity contribution >= 4 is 11.7 Å². The van der Waals surface area contributed by atoms with Crippen LogP contribution in [-0.2, 0) is 0 Å². The van der Waals surface area contributed by atoms with Gasteiger partial charge in [0.1, 0.15) is 11.6 Å². The van der Waals surface area contributed by atoms with E-state index in [-0.39, 0.29) is 11.5 Å². The zero-order chi connectivity index (χ0) is 16.4. The first kappa shape index (κ1) is 15.2. The summed E-state index contributed by atoms with van der Waals surface area (Å²) in [6.07, 6.45) is 1.16. The molecule has 1 fully saturated rings. The first-order valence-corrected chi connectivity index (χ1v) is 7.19. The second kappa shape index (κ2) is 6.20. The van der Waals surface area contributed by atoms with Crippen LogP contribution in [0.4, 0.5) is 14.6 Å². The van der Waals surface area contributed by atoms with E-state index in [2.05, 4.69) is 4.98 Å². The SMILES string of the molecule is O=C(c1ccc(O)c(F)c1)N1CCN(c2ccc(F)cn2)CC1. The number of piperazine rings is 1. The predicted molar refractivity (Wildman–Crippen MR) is 80.4 cm³/mol. The summed E-state index contributed by atoms with van der Waals surface area (Å²) < 4.78 is 26.2. The Hall–Kier alpha value is -2.70. The number of phenolic OH excluding ortho intramolecular Hbond substituents is 1. The molecule has 0 bridgehead atoms. The van der Waals surface area contributed by atoms with Crippen LogP contribution in [0.3, 0.4) is 0 Å². The van der Waals surface area contributed by atoms with E-state index in [9.17, 15) is 18.7 Å². The topological polar surface area (TPSA) is 56.7 Å². The number of benzene rings is 1. The molecule has 2 heterocycles. The molecule has 0 spiro atoms. The van der Waals surface area contributed by atoms with Gasteiger partial charge in [0.2, 0.25) is 0 Å². The van der Waals surface area contributed by atoms with Crippen molar-refractivity contribution in [1.82, 2.24) is 9.88 Å². The molecule has 1 N–H and O–H groups in total. The van der Waals surface area contributed by atoms with E-state index in [1.807, 2.05) is 4.90 Å². The van der Waals surface area contributed by atoms with Gasteiger partial charge in [-0.05, 0) is 30.3 Å². The van der Waals surface area contributed by atoms with Crippen molar-refractivity contribution in [3.8, 4) is 5.75 Å². The largest absolute Gasteiger partial charge is 0.505 e. The van der Waals surface area contributed by atoms with Gasteiger partial charge >= 0.3 is 0 Å².